The van der Waals surface area contributed by atoms with Crippen molar-refractivity contribution in [1.29, 1.82) is 0 Å². The molecule has 2 heterocycles. The molecule has 4 aromatic rings. The molecule has 0 fully saturated rings. The number of aliphatic hydroxyl groups is 1. The van der Waals surface area contributed by atoms with Gasteiger partial charge in [0.2, 0.25) is 0 Å². The van der Waals surface area contributed by atoms with E-state index in [9.17, 15) is 4.79 Å². The van der Waals surface area contributed by atoms with Gasteiger partial charge in [-0.05, 0) is 79.6 Å². The summed E-state index contributed by atoms with van der Waals surface area (Å²) < 4.78 is 2.68. The van der Waals surface area contributed by atoms with E-state index in [1.807, 2.05) is 29.7 Å². The fraction of sp³-hybridized carbons (Fsp3) is 0.231. The molecule has 0 unspecified atom stereocenters. The number of pyridine rings is 1. The Kier molecular flexibility index (Phi) is 7.77. The Bertz CT molecular complexity index is 1240. The first-order valence-electron chi connectivity index (χ1n) is 10.2. The molecule has 5 rings (SSSR count). The molecule has 3 nitrogen and oxygen atoms in total. The number of carbonyl (C=O) groups excluding carboxylic acids is 1. The van der Waals surface area contributed by atoms with Crippen LogP contribution >= 0.6 is 11.3 Å². The maximum absolute atomic E-state index is 10.0. The second-order valence-electron chi connectivity index (χ2n) is 7.64. The van der Waals surface area contributed by atoms with Gasteiger partial charge in [-0.25, -0.2) is 0 Å². The number of hydrogen-bond donors (Lipinski definition) is 1. The molecule has 31 heavy (non-hydrogen) atoms. The van der Waals surface area contributed by atoms with Crippen molar-refractivity contribution in [3.05, 3.63) is 77.7 Å². The Balaban J connectivity index is 0.000000299. The van der Waals surface area contributed by atoms with Crippen molar-refractivity contribution in [2.45, 2.75) is 39.5 Å². The number of aromatic nitrogens is 1. The standard InChI is InChI=1S/C21H16NS.C5H8O2.Ir/c1-2-6-14(7-3-1)20-21-17(10-11-22-20)18-12-15-8-4-5-9-16(15)13-19(18)23-21;1-4(6)3-5(2)7;/h1-3,6,10-13H,4-5,8-9H2;3,6H,1-2H3;/q-1;;/b;4-3-;. The first-order chi connectivity index (χ1) is 14.5. The van der Waals surface area contributed by atoms with Crippen LogP contribution in [-0.2, 0) is 37.7 Å². The van der Waals surface area contributed by atoms with Gasteiger partial charge in [-0.15, -0.1) is 47.2 Å². The molecule has 5 heteroatoms. The summed E-state index contributed by atoms with van der Waals surface area (Å²) in [5.74, 6) is -0.0625. The molecule has 0 bridgehead atoms. The molecule has 161 valence electrons. The topological polar surface area (TPSA) is 50.2 Å². The van der Waals surface area contributed by atoms with E-state index < -0.39 is 0 Å². The summed E-state index contributed by atoms with van der Waals surface area (Å²) in [4.78, 5) is 14.7. The van der Waals surface area contributed by atoms with Crippen LogP contribution in [0, 0.1) is 6.07 Å². The Morgan fingerprint density at radius 2 is 1.84 bits per heavy atom. The van der Waals surface area contributed by atoms with E-state index in [-0.39, 0.29) is 31.6 Å². The summed E-state index contributed by atoms with van der Waals surface area (Å²) in [6.45, 7) is 2.85. The van der Waals surface area contributed by atoms with Crippen molar-refractivity contribution in [2.75, 3.05) is 0 Å². The number of hydrogen-bond acceptors (Lipinski definition) is 4. The third kappa shape index (κ3) is 5.30. The third-order valence-electron chi connectivity index (χ3n) is 5.23. The third-order valence-corrected chi connectivity index (χ3v) is 6.40. The average molecular weight is 607 g/mol. The summed E-state index contributed by atoms with van der Waals surface area (Å²) in [6, 6.07) is 18.4. The van der Waals surface area contributed by atoms with E-state index >= 15 is 0 Å². The molecular weight excluding hydrogens is 583 g/mol. The van der Waals surface area contributed by atoms with Crippen molar-refractivity contribution in [2.24, 2.45) is 0 Å². The van der Waals surface area contributed by atoms with Gasteiger partial charge in [-0.3, -0.25) is 4.79 Å². The summed E-state index contributed by atoms with van der Waals surface area (Å²) in [5, 5.41) is 11.1. The molecule has 1 aliphatic carbocycles. The first-order valence-corrected chi connectivity index (χ1v) is 11.0. The van der Waals surface area contributed by atoms with Crippen molar-refractivity contribution in [1.82, 2.24) is 4.98 Å². The normalized spacial score (nSPS) is 13.2. The number of benzene rings is 2. The van der Waals surface area contributed by atoms with Gasteiger partial charge in [0, 0.05) is 47.5 Å². The van der Waals surface area contributed by atoms with Gasteiger partial charge >= 0.3 is 0 Å². The van der Waals surface area contributed by atoms with Crippen LogP contribution in [-0.4, -0.2) is 15.9 Å². The van der Waals surface area contributed by atoms with E-state index in [0.717, 1.165) is 11.3 Å². The molecular formula is C26H24IrNO2S-. The van der Waals surface area contributed by atoms with E-state index in [0.29, 0.717) is 0 Å². The van der Waals surface area contributed by atoms with Gasteiger partial charge in [0.1, 0.15) is 0 Å². The van der Waals surface area contributed by atoms with E-state index in [1.54, 1.807) is 11.1 Å². The molecule has 1 aliphatic rings. The minimum absolute atomic E-state index is 0. The predicted octanol–water partition coefficient (Wildman–Crippen LogP) is 6.83. The molecule has 1 radical (unpaired) electrons. The number of aryl methyl sites for hydroxylation is 2. The van der Waals surface area contributed by atoms with Crippen molar-refractivity contribution >= 4 is 37.3 Å². The van der Waals surface area contributed by atoms with Crippen LogP contribution in [0.15, 0.2) is 60.5 Å². The largest absolute Gasteiger partial charge is 0.512 e. The van der Waals surface area contributed by atoms with Crippen LogP contribution in [0.25, 0.3) is 31.4 Å². The molecule has 1 N–H and O–H groups in total. The molecule has 0 saturated carbocycles. The minimum Gasteiger partial charge on any atom is -0.512 e. The fourth-order valence-electron chi connectivity index (χ4n) is 3.96. The summed E-state index contributed by atoms with van der Waals surface area (Å²) in [7, 11) is 0. The fourth-order valence-corrected chi connectivity index (χ4v) is 5.21. The van der Waals surface area contributed by atoms with Gasteiger partial charge in [-0.1, -0.05) is 0 Å². The molecule has 0 amide bonds. The van der Waals surface area contributed by atoms with Crippen LogP contribution in [0.2, 0.25) is 0 Å². The van der Waals surface area contributed by atoms with Crippen LogP contribution in [0.4, 0.5) is 0 Å². The Morgan fingerprint density at radius 1 is 1.10 bits per heavy atom. The minimum atomic E-state index is -0.125. The summed E-state index contributed by atoms with van der Waals surface area (Å²) in [5.41, 5.74) is 5.24. The van der Waals surface area contributed by atoms with Gasteiger partial charge in [-0.2, -0.15) is 0 Å². The average Bonchev–Trinajstić information content (AvgIpc) is 3.09. The number of rotatable bonds is 2. The first kappa shape index (κ1) is 23.3. The van der Waals surface area contributed by atoms with Crippen LogP contribution in [0.5, 0.6) is 0 Å². The van der Waals surface area contributed by atoms with Gasteiger partial charge in [0.15, 0.2) is 5.78 Å². The van der Waals surface area contributed by atoms with E-state index in [4.69, 9.17) is 5.11 Å². The number of carbonyl (C=O) groups is 1. The van der Waals surface area contributed by atoms with Crippen LogP contribution in [0.3, 0.4) is 0 Å². The second-order valence-corrected chi connectivity index (χ2v) is 8.69. The molecule has 2 aromatic carbocycles. The summed E-state index contributed by atoms with van der Waals surface area (Å²) in [6.07, 6.45) is 8.22. The zero-order valence-electron chi connectivity index (χ0n) is 17.6. The van der Waals surface area contributed by atoms with Crippen molar-refractivity contribution < 1.29 is 30.0 Å². The Hall–Kier alpha value is -2.33. The van der Waals surface area contributed by atoms with Gasteiger partial charge < -0.3 is 10.1 Å². The Labute approximate surface area is 200 Å². The predicted molar refractivity (Wildman–Crippen MR) is 125 cm³/mol. The SMILES string of the molecule is CC(=O)/C=C(/C)O.[Ir].[c-]1ccccc1-c1nccc2c1sc1cc3c(cc12)CCCC3. The van der Waals surface area contributed by atoms with E-state index in [2.05, 4.69) is 41.4 Å². The second kappa shape index (κ2) is 10.3. The molecule has 0 atom stereocenters. The number of allylic oxidation sites excluding steroid dienone is 2. The van der Waals surface area contributed by atoms with Crippen LogP contribution in [0.1, 0.15) is 37.8 Å². The molecule has 0 spiro atoms. The maximum Gasteiger partial charge on any atom is 0.155 e. The summed E-state index contributed by atoms with van der Waals surface area (Å²) >= 11 is 1.87. The maximum atomic E-state index is 10.0. The van der Waals surface area contributed by atoms with Crippen molar-refractivity contribution in [3.8, 4) is 11.3 Å². The molecule has 0 aliphatic heterocycles. The van der Waals surface area contributed by atoms with Gasteiger partial charge in [0.05, 0.1) is 5.76 Å². The van der Waals surface area contributed by atoms with Crippen molar-refractivity contribution in [3.63, 3.8) is 0 Å². The quantitative estimate of drug-likeness (QED) is 0.155. The monoisotopic (exact) mass is 607 g/mol. The molecule has 0 saturated heterocycles. The van der Waals surface area contributed by atoms with Gasteiger partial charge in [0.25, 0.3) is 0 Å². The zero-order valence-corrected chi connectivity index (χ0v) is 20.8. The number of fused-ring (bicyclic) bond motifs is 4. The van der Waals surface area contributed by atoms with Crippen LogP contribution < -0.4 is 0 Å². The number of thiophene rings is 1. The molecule has 2 aromatic heterocycles. The zero-order chi connectivity index (χ0) is 21.1. The Morgan fingerprint density at radius 3 is 2.45 bits per heavy atom. The number of ketones is 1. The van der Waals surface area contributed by atoms with E-state index in [1.165, 1.54) is 65.8 Å². The smallest absolute Gasteiger partial charge is 0.155 e. The number of aliphatic hydroxyl groups excluding tert-OH is 1. The number of nitrogens with zero attached hydrogens (tertiary/aromatic N) is 1.